The van der Waals surface area contributed by atoms with E-state index in [2.05, 4.69) is 0 Å². The number of thioether (sulfide) groups is 1. The van der Waals surface area contributed by atoms with Crippen molar-refractivity contribution in [2.45, 2.75) is 6.10 Å². The zero-order valence-corrected chi connectivity index (χ0v) is 10.3. The molecular weight excluding hydrogens is 243 g/mol. The molecule has 0 spiro atoms. The van der Waals surface area contributed by atoms with Crippen LogP contribution < -0.4 is 4.74 Å². The minimum atomic E-state index is -0.526. The Morgan fingerprint density at radius 1 is 1.59 bits per heavy atom. The number of Topliss-reactive ketones (excluding diaryl/α,β-unsaturated/α-hetero) is 1. The van der Waals surface area contributed by atoms with Gasteiger partial charge < -0.3 is 9.47 Å². The average Bonchev–Trinajstić information content (AvgIpc) is 2.39. The first kappa shape index (κ1) is 12.4. The average molecular weight is 256 g/mol. The Kier molecular flexibility index (Phi) is 4.02. The highest BCUT2D eigenvalue weighted by molar-refractivity contribution is 7.99. The number of benzene rings is 1. The zero-order valence-electron chi connectivity index (χ0n) is 9.44. The molecule has 1 fully saturated rings. The molecule has 1 saturated heterocycles. The molecule has 1 aliphatic rings. The van der Waals surface area contributed by atoms with Crippen LogP contribution in [0.25, 0.3) is 0 Å². The lowest BCUT2D eigenvalue weighted by Gasteiger charge is -2.21. The number of hydrogen-bond acceptors (Lipinski definition) is 4. The van der Waals surface area contributed by atoms with Crippen LogP contribution in [0.1, 0.15) is 10.4 Å². The molecule has 5 heteroatoms. The van der Waals surface area contributed by atoms with Crippen molar-refractivity contribution in [2.24, 2.45) is 0 Å². The Morgan fingerprint density at radius 3 is 3.00 bits per heavy atom. The van der Waals surface area contributed by atoms with Gasteiger partial charge in [-0.15, -0.1) is 0 Å². The maximum atomic E-state index is 13.5. The molecule has 0 aliphatic carbocycles. The molecule has 92 valence electrons. The molecule has 0 amide bonds. The van der Waals surface area contributed by atoms with Gasteiger partial charge in [-0.25, -0.2) is 4.39 Å². The fourth-order valence-corrected chi connectivity index (χ4v) is 2.49. The van der Waals surface area contributed by atoms with Gasteiger partial charge in [0.15, 0.2) is 17.3 Å². The monoisotopic (exact) mass is 256 g/mol. The molecular formula is C12H13FO3S. The van der Waals surface area contributed by atoms with Crippen LogP contribution in [0.4, 0.5) is 4.39 Å². The summed E-state index contributed by atoms with van der Waals surface area (Å²) >= 11 is 1.67. The maximum absolute atomic E-state index is 13.5. The van der Waals surface area contributed by atoms with Crippen molar-refractivity contribution in [3.8, 4) is 5.75 Å². The van der Waals surface area contributed by atoms with Crippen molar-refractivity contribution in [3.63, 3.8) is 0 Å². The smallest absolute Gasteiger partial charge is 0.192 e. The summed E-state index contributed by atoms with van der Waals surface area (Å²) in [4.78, 5) is 12.0. The molecule has 1 aliphatic heterocycles. The molecule has 1 heterocycles. The van der Waals surface area contributed by atoms with Crippen LogP contribution in [0.2, 0.25) is 0 Å². The molecule has 0 aromatic heterocycles. The second-order valence-electron chi connectivity index (χ2n) is 3.65. The number of hydrogen-bond donors (Lipinski definition) is 0. The van der Waals surface area contributed by atoms with Gasteiger partial charge in [0.1, 0.15) is 6.10 Å². The first-order valence-corrected chi connectivity index (χ1v) is 6.45. The van der Waals surface area contributed by atoms with Crippen LogP contribution in [0.15, 0.2) is 18.2 Å². The van der Waals surface area contributed by atoms with Crippen LogP contribution in [-0.4, -0.2) is 37.1 Å². The van der Waals surface area contributed by atoms with Crippen molar-refractivity contribution >= 4 is 17.5 Å². The number of ether oxygens (including phenoxy) is 2. The summed E-state index contributed by atoms with van der Waals surface area (Å²) < 4.78 is 23.6. The van der Waals surface area contributed by atoms with Crippen molar-refractivity contribution in [3.05, 3.63) is 29.6 Å². The molecule has 2 rings (SSSR count). The highest BCUT2D eigenvalue weighted by Crippen LogP contribution is 2.21. The first-order valence-electron chi connectivity index (χ1n) is 5.29. The SMILES string of the molecule is COc1ccc(C(=O)C2CSCCO2)cc1F. The van der Waals surface area contributed by atoms with E-state index in [9.17, 15) is 9.18 Å². The second kappa shape index (κ2) is 5.51. The Hall–Kier alpha value is -1.07. The molecule has 1 aromatic rings. The number of halogens is 1. The number of rotatable bonds is 3. The summed E-state index contributed by atoms with van der Waals surface area (Å²) in [7, 11) is 1.39. The van der Waals surface area contributed by atoms with Gasteiger partial charge in [-0.1, -0.05) is 0 Å². The van der Waals surface area contributed by atoms with E-state index in [0.29, 0.717) is 17.9 Å². The molecule has 0 radical (unpaired) electrons. The molecule has 1 unspecified atom stereocenters. The van der Waals surface area contributed by atoms with Crippen molar-refractivity contribution < 1.29 is 18.7 Å². The molecule has 3 nitrogen and oxygen atoms in total. The number of carbonyl (C=O) groups is 1. The summed E-state index contributed by atoms with van der Waals surface area (Å²) in [6.07, 6.45) is -0.457. The fraction of sp³-hybridized carbons (Fsp3) is 0.417. The molecule has 1 atom stereocenters. The largest absolute Gasteiger partial charge is 0.494 e. The minimum absolute atomic E-state index is 0.139. The Labute approximate surface area is 103 Å². The van der Waals surface area contributed by atoms with Crippen LogP contribution in [0.3, 0.4) is 0 Å². The van der Waals surface area contributed by atoms with E-state index < -0.39 is 11.9 Å². The van der Waals surface area contributed by atoms with Crippen LogP contribution in [0.5, 0.6) is 5.75 Å². The van der Waals surface area contributed by atoms with Crippen LogP contribution in [0, 0.1) is 5.82 Å². The van der Waals surface area contributed by atoms with Gasteiger partial charge in [-0.2, -0.15) is 11.8 Å². The minimum Gasteiger partial charge on any atom is -0.494 e. The quantitative estimate of drug-likeness (QED) is 0.776. The third-order valence-electron chi connectivity index (χ3n) is 2.54. The van der Waals surface area contributed by atoms with Gasteiger partial charge in [-0.05, 0) is 18.2 Å². The van der Waals surface area contributed by atoms with Gasteiger partial charge in [0.2, 0.25) is 0 Å². The van der Waals surface area contributed by atoms with E-state index in [4.69, 9.17) is 9.47 Å². The van der Waals surface area contributed by atoms with E-state index in [1.165, 1.54) is 19.2 Å². The second-order valence-corrected chi connectivity index (χ2v) is 4.80. The van der Waals surface area contributed by atoms with Crippen molar-refractivity contribution in [1.29, 1.82) is 0 Å². The molecule has 0 N–H and O–H groups in total. The van der Waals surface area contributed by atoms with Gasteiger partial charge in [0.05, 0.1) is 13.7 Å². The predicted molar refractivity (Wildman–Crippen MR) is 64.3 cm³/mol. The maximum Gasteiger partial charge on any atom is 0.192 e. The van der Waals surface area contributed by atoms with Crippen molar-refractivity contribution in [1.82, 2.24) is 0 Å². The van der Waals surface area contributed by atoms with E-state index in [-0.39, 0.29) is 11.5 Å². The van der Waals surface area contributed by atoms with Gasteiger partial charge in [0.25, 0.3) is 0 Å². The Balaban J connectivity index is 2.16. The highest BCUT2D eigenvalue weighted by atomic mass is 32.2. The van der Waals surface area contributed by atoms with Crippen LogP contribution >= 0.6 is 11.8 Å². The lowest BCUT2D eigenvalue weighted by Crippen LogP contribution is -2.31. The first-order chi connectivity index (χ1) is 8.22. The molecule has 0 saturated carbocycles. The topological polar surface area (TPSA) is 35.5 Å². The summed E-state index contributed by atoms with van der Waals surface area (Å²) in [6, 6.07) is 4.22. The third-order valence-corrected chi connectivity index (χ3v) is 3.54. The fourth-order valence-electron chi connectivity index (χ4n) is 1.64. The summed E-state index contributed by atoms with van der Waals surface area (Å²) in [5, 5.41) is 0. The summed E-state index contributed by atoms with van der Waals surface area (Å²) in [5.74, 6) is 0.980. The number of methoxy groups -OCH3 is 1. The third kappa shape index (κ3) is 2.79. The van der Waals surface area contributed by atoms with Gasteiger partial charge >= 0.3 is 0 Å². The Morgan fingerprint density at radius 2 is 2.41 bits per heavy atom. The highest BCUT2D eigenvalue weighted by Gasteiger charge is 2.24. The van der Waals surface area contributed by atoms with Gasteiger partial charge in [0, 0.05) is 17.1 Å². The van der Waals surface area contributed by atoms with E-state index in [1.807, 2.05) is 0 Å². The Bertz CT molecular complexity index is 416. The zero-order chi connectivity index (χ0) is 12.3. The van der Waals surface area contributed by atoms with E-state index in [0.717, 1.165) is 5.75 Å². The van der Waals surface area contributed by atoms with Gasteiger partial charge in [-0.3, -0.25) is 4.79 Å². The molecule has 0 bridgehead atoms. The normalized spacial score (nSPS) is 20.0. The van der Waals surface area contributed by atoms with E-state index >= 15 is 0 Å². The standard InChI is InChI=1S/C12H13FO3S/c1-15-10-3-2-8(6-9(10)13)12(14)11-7-17-5-4-16-11/h2-3,6,11H,4-5,7H2,1H3. The molecule has 1 aromatic carbocycles. The van der Waals surface area contributed by atoms with Crippen LogP contribution in [-0.2, 0) is 4.74 Å². The number of ketones is 1. The van der Waals surface area contributed by atoms with Crippen molar-refractivity contribution in [2.75, 3.05) is 25.2 Å². The predicted octanol–water partition coefficient (Wildman–Crippen LogP) is 2.15. The molecule has 17 heavy (non-hydrogen) atoms. The number of carbonyl (C=O) groups excluding carboxylic acids is 1. The van der Waals surface area contributed by atoms with E-state index in [1.54, 1.807) is 17.8 Å². The summed E-state index contributed by atoms with van der Waals surface area (Å²) in [5.41, 5.74) is 0.329. The lowest BCUT2D eigenvalue weighted by atomic mass is 10.1. The summed E-state index contributed by atoms with van der Waals surface area (Å²) in [6.45, 7) is 0.569. The lowest BCUT2D eigenvalue weighted by molar-refractivity contribution is 0.0518.